The lowest BCUT2D eigenvalue weighted by Gasteiger charge is -2.31. The molecule has 1 heterocycles. The second-order valence-corrected chi connectivity index (χ2v) is 5.88. The zero-order valence-corrected chi connectivity index (χ0v) is 13.9. The quantitative estimate of drug-likeness (QED) is 0.830. The Labute approximate surface area is 141 Å². The van der Waals surface area contributed by atoms with Crippen LogP contribution in [0.1, 0.15) is 25.3 Å². The molecular formula is C17H24N4O3. The van der Waals surface area contributed by atoms with Gasteiger partial charge in [-0.2, -0.15) is 0 Å². The van der Waals surface area contributed by atoms with Crippen LogP contribution in [0, 0.1) is 0 Å². The maximum atomic E-state index is 12.5. The molecule has 4 amide bonds. The number of carbonyl (C=O) groups is 3. The van der Waals surface area contributed by atoms with Gasteiger partial charge in [-0.3, -0.25) is 9.59 Å². The van der Waals surface area contributed by atoms with Crippen LogP contribution in [-0.4, -0.2) is 53.3 Å². The van der Waals surface area contributed by atoms with Crippen molar-refractivity contribution in [3.8, 4) is 0 Å². The predicted octanol–water partition coefficient (Wildman–Crippen LogP) is 0.694. The van der Waals surface area contributed by atoms with Crippen LogP contribution in [-0.2, 0) is 16.1 Å². The second kappa shape index (κ2) is 8.33. The van der Waals surface area contributed by atoms with E-state index in [9.17, 15) is 14.4 Å². The molecule has 7 nitrogen and oxygen atoms in total. The summed E-state index contributed by atoms with van der Waals surface area (Å²) >= 11 is 0. The number of hydrogen-bond acceptors (Lipinski definition) is 3. The number of nitrogens with zero attached hydrogens (tertiary/aromatic N) is 2. The van der Waals surface area contributed by atoms with Crippen LogP contribution in [0.15, 0.2) is 30.3 Å². The molecule has 0 radical (unpaired) electrons. The molecule has 1 aromatic rings. The third-order valence-corrected chi connectivity index (χ3v) is 4.22. The Balaban J connectivity index is 2.07. The molecule has 1 aliphatic rings. The molecule has 1 saturated heterocycles. The largest absolute Gasteiger partial charge is 0.352 e. The summed E-state index contributed by atoms with van der Waals surface area (Å²) < 4.78 is 0. The molecule has 130 valence electrons. The van der Waals surface area contributed by atoms with Crippen LogP contribution in [0.2, 0.25) is 0 Å². The Kier molecular flexibility index (Phi) is 6.17. The molecule has 3 N–H and O–H groups in total. The van der Waals surface area contributed by atoms with Crippen molar-refractivity contribution in [1.29, 1.82) is 0 Å². The van der Waals surface area contributed by atoms with E-state index in [-0.39, 0.29) is 30.8 Å². The first-order valence-electron chi connectivity index (χ1n) is 8.15. The van der Waals surface area contributed by atoms with E-state index in [1.54, 1.807) is 4.90 Å². The summed E-state index contributed by atoms with van der Waals surface area (Å²) in [5, 5.41) is 2.31. The van der Waals surface area contributed by atoms with E-state index < -0.39 is 6.03 Å². The Morgan fingerprint density at radius 1 is 1.29 bits per heavy atom. The molecule has 1 fully saturated rings. The fraction of sp³-hybridized carbons (Fsp3) is 0.471. The van der Waals surface area contributed by atoms with Gasteiger partial charge in [-0.25, -0.2) is 4.79 Å². The highest BCUT2D eigenvalue weighted by molar-refractivity contribution is 5.84. The summed E-state index contributed by atoms with van der Waals surface area (Å²) in [5.41, 5.74) is 6.07. The number of nitrogens with two attached hydrogens (primary N) is 1. The number of hydrogen-bond donors (Lipinski definition) is 2. The Bertz CT molecular complexity index is 591. The van der Waals surface area contributed by atoms with E-state index in [1.807, 2.05) is 42.2 Å². The number of primary amides is 1. The number of amides is 4. The summed E-state index contributed by atoms with van der Waals surface area (Å²) in [4.78, 5) is 39.0. The predicted molar refractivity (Wildman–Crippen MR) is 89.9 cm³/mol. The van der Waals surface area contributed by atoms with Gasteiger partial charge >= 0.3 is 6.03 Å². The van der Waals surface area contributed by atoms with Gasteiger partial charge in [0.25, 0.3) is 0 Å². The lowest BCUT2D eigenvalue weighted by Crippen LogP contribution is -2.46. The molecule has 1 aliphatic heterocycles. The van der Waals surface area contributed by atoms with Crippen LogP contribution in [0.3, 0.4) is 0 Å². The molecule has 0 unspecified atom stereocenters. The molecule has 7 heteroatoms. The van der Waals surface area contributed by atoms with Gasteiger partial charge in [0.15, 0.2) is 0 Å². The summed E-state index contributed by atoms with van der Waals surface area (Å²) in [7, 11) is 0. The Morgan fingerprint density at radius 2 is 2.00 bits per heavy atom. The SMILES string of the molecule is CC[C@H]1CN(C(=O)CNC(N)=O)CCC(=O)N1Cc1ccccc1. The first-order chi connectivity index (χ1) is 11.5. The maximum absolute atomic E-state index is 12.5. The van der Waals surface area contributed by atoms with Gasteiger partial charge in [-0.1, -0.05) is 37.3 Å². The minimum Gasteiger partial charge on any atom is -0.352 e. The average molecular weight is 332 g/mol. The molecule has 1 atom stereocenters. The van der Waals surface area contributed by atoms with E-state index in [2.05, 4.69) is 5.32 Å². The van der Waals surface area contributed by atoms with Crippen LogP contribution < -0.4 is 11.1 Å². The first kappa shape index (κ1) is 17.8. The fourth-order valence-electron chi connectivity index (χ4n) is 2.87. The minimum atomic E-state index is -0.730. The van der Waals surface area contributed by atoms with Gasteiger partial charge in [-0.05, 0) is 12.0 Å². The zero-order chi connectivity index (χ0) is 17.5. The number of benzene rings is 1. The van der Waals surface area contributed by atoms with Crippen LogP contribution in [0.5, 0.6) is 0 Å². The van der Waals surface area contributed by atoms with Gasteiger partial charge in [0.05, 0.1) is 6.54 Å². The molecule has 2 rings (SSSR count). The van der Waals surface area contributed by atoms with Crippen molar-refractivity contribution in [2.75, 3.05) is 19.6 Å². The zero-order valence-electron chi connectivity index (χ0n) is 13.9. The highest BCUT2D eigenvalue weighted by atomic mass is 16.2. The molecular weight excluding hydrogens is 308 g/mol. The lowest BCUT2D eigenvalue weighted by molar-refractivity contribution is -0.133. The molecule has 0 aromatic heterocycles. The highest BCUT2D eigenvalue weighted by Crippen LogP contribution is 2.17. The van der Waals surface area contributed by atoms with E-state index in [4.69, 9.17) is 5.73 Å². The standard InChI is InChI=1S/C17H24N4O3/c1-2-14-12-20(16(23)10-19-17(18)24)9-8-15(22)21(14)11-13-6-4-3-5-7-13/h3-7,14H,2,8-12H2,1H3,(H3,18,19,24)/t14-/m0/s1. The summed E-state index contributed by atoms with van der Waals surface area (Å²) in [6, 6.07) is 9.05. The van der Waals surface area contributed by atoms with Gasteiger partial charge in [0.2, 0.25) is 11.8 Å². The topological polar surface area (TPSA) is 95.7 Å². The van der Waals surface area contributed by atoms with Gasteiger partial charge < -0.3 is 20.9 Å². The van der Waals surface area contributed by atoms with E-state index in [0.29, 0.717) is 19.6 Å². The van der Waals surface area contributed by atoms with Crippen molar-refractivity contribution in [2.45, 2.75) is 32.4 Å². The second-order valence-electron chi connectivity index (χ2n) is 5.88. The van der Waals surface area contributed by atoms with Crippen molar-refractivity contribution in [3.63, 3.8) is 0 Å². The van der Waals surface area contributed by atoms with Gasteiger partial charge in [0, 0.05) is 32.1 Å². The third-order valence-electron chi connectivity index (χ3n) is 4.22. The van der Waals surface area contributed by atoms with Crippen molar-refractivity contribution >= 4 is 17.8 Å². The minimum absolute atomic E-state index is 0.0438. The van der Waals surface area contributed by atoms with E-state index >= 15 is 0 Å². The van der Waals surface area contributed by atoms with Gasteiger partial charge in [-0.15, -0.1) is 0 Å². The highest BCUT2D eigenvalue weighted by Gasteiger charge is 2.30. The number of urea groups is 1. The lowest BCUT2D eigenvalue weighted by atomic mass is 10.1. The molecule has 0 saturated carbocycles. The molecule has 0 aliphatic carbocycles. The molecule has 0 spiro atoms. The summed E-state index contributed by atoms with van der Waals surface area (Å²) in [5.74, 6) is -0.175. The maximum Gasteiger partial charge on any atom is 0.312 e. The third kappa shape index (κ3) is 4.71. The van der Waals surface area contributed by atoms with Crippen molar-refractivity contribution in [1.82, 2.24) is 15.1 Å². The van der Waals surface area contributed by atoms with Crippen molar-refractivity contribution in [3.05, 3.63) is 35.9 Å². The summed E-state index contributed by atoms with van der Waals surface area (Å²) in [6.45, 7) is 3.23. The van der Waals surface area contributed by atoms with Crippen molar-refractivity contribution < 1.29 is 14.4 Å². The number of nitrogens with one attached hydrogen (secondary N) is 1. The van der Waals surface area contributed by atoms with E-state index in [0.717, 1.165) is 12.0 Å². The molecule has 24 heavy (non-hydrogen) atoms. The van der Waals surface area contributed by atoms with Crippen LogP contribution in [0.25, 0.3) is 0 Å². The number of carbonyl (C=O) groups excluding carboxylic acids is 3. The number of rotatable bonds is 5. The van der Waals surface area contributed by atoms with Gasteiger partial charge in [0.1, 0.15) is 0 Å². The smallest absolute Gasteiger partial charge is 0.312 e. The van der Waals surface area contributed by atoms with Crippen molar-refractivity contribution in [2.24, 2.45) is 5.73 Å². The molecule has 0 bridgehead atoms. The average Bonchev–Trinajstić information content (AvgIpc) is 2.73. The Morgan fingerprint density at radius 3 is 2.62 bits per heavy atom. The molecule has 1 aromatic carbocycles. The normalized spacial score (nSPS) is 18.2. The fourth-order valence-corrected chi connectivity index (χ4v) is 2.87. The summed E-state index contributed by atoms with van der Waals surface area (Å²) in [6.07, 6.45) is 1.04. The Hall–Kier alpha value is -2.57. The van der Waals surface area contributed by atoms with E-state index in [1.165, 1.54) is 0 Å². The monoisotopic (exact) mass is 332 g/mol. The first-order valence-corrected chi connectivity index (χ1v) is 8.15. The van der Waals surface area contributed by atoms with Crippen LogP contribution in [0.4, 0.5) is 4.79 Å². The van der Waals surface area contributed by atoms with Crippen LogP contribution >= 0.6 is 0 Å².